The third-order valence-corrected chi connectivity index (χ3v) is 10.7. The number of hydrogen-bond acceptors (Lipinski definition) is 6. The molecular formula is C33H45N5O3. The summed E-state index contributed by atoms with van der Waals surface area (Å²) in [7, 11) is 4.32. The minimum atomic E-state index is -0.787. The molecule has 2 aromatic rings. The molecule has 2 amide bonds. The highest BCUT2D eigenvalue weighted by Gasteiger charge is 2.56. The molecule has 1 aromatic carbocycles. The molecule has 8 nitrogen and oxygen atoms in total. The van der Waals surface area contributed by atoms with Gasteiger partial charge in [-0.1, -0.05) is 36.9 Å². The Kier molecular flexibility index (Phi) is 7.15. The van der Waals surface area contributed by atoms with Gasteiger partial charge in [0, 0.05) is 12.1 Å². The number of aliphatic hydroxyl groups is 2. The van der Waals surface area contributed by atoms with Crippen molar-refractivity contribution in [3.05, 3.63) is 66.5 Å². The van der Waals surface area contributed by atoms with E-state index in [4.69, 9.17) is 0 Å². The second-order valence-corrected chi connectivity index (χ2v) is 13.4. The molecule has 1 aromatic heterocycles. The minimum Gasteiger partial charge on any atom is -0.388 e. The third kappa shape index (κ3) is 5.04. The molecule has 3 saturated carbocycles. The fraction of sp³-hybridized carbons (Fsp3) is 0.576. The zero-order chi connectivity index (χ0) is 28.9. The molecule has 8 heteroatoms. The van der Waals surface area contributed by atoms with Crippen molar-refractivity contribution in [2.24, 2.45) is 0 Å². The maximum absolute atomic E-state index is 14.1. The van der Waals surface area contributed by atoms with Crippen molar-refractivity contribution in [2.45, 2.75) is 86.5 Å². The average molecular weight is 560 g/mol. The summed E-state index contributed by atoms with van der Waals surface area (Å²) in [6.45, 7) is 5.56. The molecule has 1 spiro atoms. The summed E-state index contributed by atoms with van der Waals surface area (Å²) in [5.74, 6) is 0. The lowest BCUT2D eigenvalue weighted by molar-refractivity contribution is -0.0725. The van der Waals surface area contributed by atoms with Crippen molar-refractivity contribution in [1.29, 1.82) is 0 Å². The van der Waals surface area contributed by atoms with Crippen LogP contribution in [0.4, 0.5) is 10.5 Å². The van der Waals surface area contributed by atoms with Crippen LogP contribution in [0.3, 0.4) is 0 Å². The molecule has 220 valence electrons. The number of pyridine rings is 1. The van der Waals surface area contributed by atoms with E-state index in [-0.39, 0.29) is 17.1 Å². The van der Waals surface area contributed by atoms with Gasteiger partial charge in [-0.3, -0.25) is 14.8 Å². The summed E-state index contributed by atoms with van der Waals surface area (Å²) >= 11 is 0. The number of β-amino-alcohol motifs (C(OH)–C–C–N with tert-alkyl or cyclic N) is 1. The molecule has 0 unspecified atom stereocenters. The van der Waals surface area contributed by atoms with E-state index in [9.17, 15) is 15.0 Å². The van der Waals surface area contributed by atoms with Gasteiger partial charge in [0.25, 0.3) is 0 Å². The highest BCUT2D eigenvalue weighted by Crippen LogP contribution is 2.50. The lowest BCUT2D eigenvalue weighted by Gasteiger charge is -2.52. The predicted molar refractivity (Wildman–Crippen MR) is 161 cm³/mol. The Morgan fingerprint density at radius 2 is 1.61 bits per heavy atom. The average Bonchev–Trinajstić information content (AvgIpc) is 3.21. The maximum Gasteiger partial charge on any atom is 0.325 e. The Balaban J connectivity index is 1.22. The largest absolute Gasteiger partial charge is 0.388 e. The molecule has 4 fully saturated rings. The SMILES string of the molecule is C=C(NCC1(O)CCC1)c1ccc(N2C[C@]3(CC[C@](c4ccccc4)(N(C)C)CC3)N(CC3(O)CCC3)C2=O)cn1. The first-order chi connectivity index (χ1) is 19.6. The molecule has 41 heavy (non-hydrogen) atoms. The van der Waals surface area contributed by atoms with Gasteiger partial charge in [0.1, 0.15) is 0 Å². The number of nitrogens with one attached hydrogen (secondary N) is 1. The molecule has 0 atom stereocenters. The van der Waals surface area contributed by atoms with Crippen LogP contribution in [-0.4, -0.2) is 81.5 Å². The third-order valence-electron chi connectivity index (χ3n) is 10.7. The minimum absolute atomic E-state index is 0.0407. The first-order valence-corrected chi connectivity index (χ1v) is 15.2. The number of anilines is 1. The zero-order valence-corrected chi connectivity index (χ0v) is 24.6. The standard InChI is InChI=1S/C33H45N5O3/c1-25(35-22-31(40)13-7-14-31)28-12-11-27(21-34-28)37-23-30(38(29(37)39)24-32(41)15-8-16-32)17-19-33(20-18-30,36(2)3)26-9-5-4-6-10-26/h4-6,9-12,21,35,40-41H,1,7-8,13-20,22-24H2,2-3H3/t30-,33+. The number of carbonyl (C=O) groups excluding carboxylic acids is 1. The summed E-state index contributed by atoms with van der Waals surface area (Å²) in [6.07, 6.45) is 10.6. The second-order valence-electron chi connectivity index (χ2n) is 13.4. The monoisotopic (exact) mass is 559 g/mol. The van der Waals surface area contributed by atoms with E-state index in [2.05, 4.69) is 66.2 Å². The number of rotatable bonds is 9. The molecule has 6 rings (SSSR count). The normalized spacial score (nSPS) is 28.5. The molecule has 3 aliphatic carbocycles. The van der Waals surface area contributed by atoms with Gasteiger partial charge in [0.2, 0.25) is 0 Å². The van der Waals surface area contributed by atoms with E-state index in [0.29, 0.717) is 31.0 Å². The Morgan fingerprint density at radius 3 is 2.15 bits per heavy atom. The van der Waals surface area contributed by atoms with Crippen LogP contribution >= 0.6 is 0 Å². The molecule has 0 bridgehead atoms. The molecule has 2 heterocycles. The van der Waals surface area contributed by atoms with Crippen molar-refractivity contribution in [2.75, 3.05) is 38.6 Å². The number of benzene rings is 1. The van der Waals surface area contributed by atoms with Crippen LogP contribution in [0.2, 0.25) is 0 Å². The van der Waals surface area contributed by atoms with Crippen LogP contribution in [0.1, 0.15) is 75.5 Å². The molecule has 1 aliphatic heterocycles. The number of carbonyl (C=O) groups is 1. The summed E-state index contributed by atoms with van der Waals surface area (Å²) in [5.41, 5.74) is 1.62. The fourth-order valence-electron chi connectivity index (χ4n) is 7.42. The van der Waals surface area contributed by atoms with Gasteiger partial charge in [-0.2, -0.15) is 0 Å². The van der Waals surface area contributed by atoms with Crippen LogP contribution in [0, 0.1) is 0 Å². The smallest absolute Gasteiger partial charge is 0.325 e. The van der Waals surface area contributed by atoms with E-state index in [1.165, 1.54) is 5.56 Å². The quantitative estimate of drug-likeness (QED) is 0.420. The van der Waals surface area contributed by atoms with Gasteiger partial charge in [-0.25, -0.2) is 4.79 Å². The predicted octanol–water partition coefficient (Wildman–Crippen LogP) is 4.48. The highest BCUT2D eigenvalue weighted by molar-refractivity contribution is 5.95. The van der Waals surface area contributed by atoms with Crippen molar-refractivity contribution in [3.63, 3.8) is 0 Å². The Labute approximate surface area is 244 Å². The Bertz CT molecular complexity index is 1260. The highest BCUT2D eigenvalue weighted by atomic mass is 16.3. The van der Waals surface area contributed by atoms with Crippen LogP contribution < -0.4 is 10.2 Å². The van der Waals surface area contributed by atoms with Crippen molar-refractivity contribution < 1.29 is 15.0 Å². The number of urea groups is 1. The van der Waals surface area contributed by atoms with Crippen molar-refractivity contribution >= 4 is 17.4 Å². The van der Waals surface area contributed by atoms with Gasteiger partial charge in [-0.15, -0.1) is 0 Å². The van der Waals surface area contributed by atoms with Gasteiger partial charge >= 0.3 is 6.03 Å². The van der Waals surface area contributed by atoms with E-state index < -0.39 is 11.2 Å². The van der Waals surface area contributed by atoms with E-state index in [0.717, 1.165) is 69.9 Å². The summed E-state index contributed by atoms with van der Waals surface area (Å²) in [4.78, 5) is 24.9. The number of hydrogen-bond donors (Lipinski definition) is 3. The van der Waals surface area contributed by atoms with Crippen molar-refractivity contribution in [3.8, 4) is 0 Å². The van der Waals surface area contributed by atoms with Crippen LogP contribution in [-0.2, 0) is 5.54 Å². The van der Waals surface area contributed by atoms with Crippen LogP contribution in [0.5, 0.6) is 0 Å². The Morgan fingerprint density at radius 1 is 0.951 bits per heavy atom. The number of aromatic nitrogens is 1. The fourth-order valence-corrected chi connectivity index (χ4v) is 7.42. The zero-order valence-electron chi connectivity index (χ0n) is 24.6. The Hall–Kier alpha value is -2.94. The van der Waals surface area contributed by atoms with Crippen LogP contribution in [0.25, 0.3) is 5.70 Å². The lowest BCUT2D eigenvalue weighted by atomic mass is 9.67. The molecule has 4 aliphatic rings. The van der Waals surface area contributed by atoms with Crippen LogP contribution in [0.15, 0.2) is 55.2 Å². The van der Waals surface area contributed by atoms with Crippen molar-refractivity contribution in [1.82, 2.24) is 20.1 Å². The van der Waals surface area contributed by atoms with Gasteiger partial charge < -0.3 is 20.4 Å². The summed E-state index contributed by atoms with van der Waals surface area (Å²) in [6, 6.07) is 14.5. The van der Waals surface area contributed by atoms with Gasteiger partial charge in [0.05, 0.1) is 53.1 Å². The van der Waals surface area contributed by atoms with Gasteiger partial charge in [-0.05, 0) is 96.0 Å². The van der Waals surface area contributed by atoms with Gasteiger partial charge in [0.15, 0.2) is 0 Å². The molecule has 1 saturated heterocycles. The molecule has 0 radical (unpaired) electrons. The lowest BCUT2D eigenvalue weighted by Crippen LogP contribution is -2.59. The summed E-state index contributed by atoms with van der Waals surface area (Å²) in [5, 5.41) is 24.8. The van der Waals surface area contributed by atoms with E-state index in [1.54, 1.807) is 6.20 Å². The second kappa shape index (κ2) is 10.4. The first kappa shape index (κ1) is 28.2. The molecular weight excluding hydrogens is 514 g/mol. The molecule has 3 N–H and O–H groups in total. The summed E-state index contributed by atoms with van der Waals surface area (Å²) < 4.78 is 0. The topological polar surface area (TPSA) is 92.2 Å². The van der Waals surface area contributed by atoms with E-state index >= 15 is 0 Å². The maximum atomic E-state index is 14.1. The number of amides is 2. The number of nitrogens with zero attached hydrogens (tertiary/aromatic N) is 4. The first-order valence-electron chi connectivity index (χ1n) is 15.2. The van der Waals surface area contributed by atoms with E-state index in [1.807, 2.05) is 21.9 Å².